The highest BCUT2D eigenvalue weighted by atomic mass is 16.6. The van der Waals surface area contributed by atoms with Crippen molar-refractivity contribution in [3.63, 3.8) is 0 Å². The summed E-state index contributed by atoms with van der Waals surface area (Å²) in [6, 6.07) is 10.7. The Morgan fingerprint density at radius 3 is 2.29 bits per heavy atom. The summed E-state index contributed by atoms with van der Waals surface area (Å²) < 4.78 is 26.8. The van der Waals surface area contributed by atoms with Crippen LogP contribution in [0.5, 0.6) is 23.0 Å². The van der Waals surface area contributed by atoms with E-state index in [0.717, 1.165) is 5.75 Å². The van der Waals surface area contributed by atoms with Gasteiger partial charge >= 0.3 is 5.97 Å². The topological polar surface area (TPSA) is 75.6 Å². The largest absolute Gasteiger partial charge is 0.494 e. The van der Waals surface area contributed by atoms with Crippen molar-refractivity contribution in [1.29, 1.82) is 0 Å². The van der Waals surface area contributed by atoms with Crippen molar-refractivity contribution in [2.45, 2.75) is 6.92 Å². The van der Waals surface area contributed by atoms with E-state index in [1.807, 2.05) is 6.92 Å². The van der Waals surface area contributed by atoms with Crippen molar-refractivity contribution in [2.75, 3.05) is 27.9 Å². The van der Waals surface area contributed by atoms with Crippen molar-refractivity contribution < 1.29 is 28.5 Å². The van der Waals surface area contributed by atoms with Crippen LogP contribution in [0.1, 0.15) is 18.1 Å². The fourth-order valence-corrected chi connectivity index (χ4v) is 2.78. The molecule has 0 saturated heterocycles. The van der Waals surface area contributed by atoms with E-state index < -0.39 is 5.97 Å². The Balaban J connectivity index is 1.95. The fraction of sp³-hybridized carbons (Fsp3) is 0.238. The van der Waals surface area contributed by atoms with Gasteiger partial charge in [-0.1, -0.05) is 0 Å². The van der Waals surface area contributed by atoms with Gasteiger partial charge in [0.2, 0.25) is 11.6 Å². The summed E-state index contributed by atoms with van der Waals surface area (Å²) in [5.41, 5.74) is 1.46. The molecule has 1 heterocycles. The number of cyclic esters (lactones) is 1. The highest BCUT2D eigenvalue weighted by Gasteiger charge is 2.25. The molecule has 0 N–H and O–H groups in total. The molecule has 1 aliphatic heterocycles. The van der Waals surface area contributed by atoms with Gasteiger partial charge in [-0.2, -0.15) is 0 Å². The van der Waals surface area contributed by atoms with E-state index in [0.29, 0.717) is 35.0 Å². The normalized spacial score (nSPS) is 14.5. The number of esters is 1. The highest BCUT2D eigenvalue weighted by molar-refractivity contribution is 6.13. The van der Waals surface area contributed by atoms with E-state index in [1.54, 1.807) is 42.5 Å². The van der Waals surface area contributed by atoms with Gasteiger partial charge in [-0.25, -0.2) is 9.79 Å². The summed E-state index contributed by atoms with van der Waals surface area (Å²) in [7, 11) is 4.57. The summed E-state index contributed by atoms with van der Waals surface area (Å²) in [5.74, 6) is 1.82. The number of methoxy groups -OCH3 is 3. The second-order valence-electron chi connectivity index (χ2n) is 5.72. The molecule has 0 amide bonds. The minimum absolute atomic E-state index is 0.161. The van der Waals surface area contributed by atoms with Crippen molar-refractivity contribution >= 4 is 17.9 Å². The van der Waals surface area contributed by atoms with E-state index in [-0.39, 0.29) is 11.6 Å². The number of rotatable bonds is 7. The molecule has 1 aliphatic rings. The molecule has 0 fully saturated rings. The smallest absolute Gasteiger partial charge is 0.363 e. The zero-order chi connectivity index (χ0) is 20.1. The summed E-state index contributed by atoms with van der Waals surface area (Å²) in [6.07, 6.45) is 1.59. The second-order valence-corrected chi connectivity index (χ2v) is 5.72. The summed E-state index contributed by atoms with van der Waals surface area (Å²) in [5, 5.41) is 0. The van der Waals surface area contributed by atoms with Crippen LogP contribution in [-0.2, 0) is 9.53 Å². The number of hydrogen-bond donors (Lipinski definition) is 0. The molecule has 0 unspecified atom stereocenters. The molecular formula is C21H21NO6. The van der Waals surface area contributed by atoms with Crippen molar-refractivity contribution in [3.05, 3.63) is 53.2 Å². The molecule has 0 saturated carbocycles. The van der Waals surface area contributed by atoms with Gasteiger partial charge in [0, 0.05) is 11.1 Å². The summed E-state index contributed by atoms with van der Waals surface area (Å²) in [4.78, 5) is 16.6. The predicted octanol–water partition coefficient (Wildman–Crippen LogP) is 3.46. The minimum atomic E-state index is -0.541. The number of nitrogens with zero attached hydrogens (tertiary/aromatic N) is 1. The van der Waals surface area contributed by atoms with Crippen LogP contribution >= 0.6 is 0 Å². The van der Waals surface area contributed by atoms with Crippen LogP contribution in [0.2, 0.25) is 0 Å². The third-order valence-corrected chi connectivity index (χ3v) is 4.06. The molecule has 0 spiro atoms. The van der Waals surface area contributed by atoms with Crippen LogP contribution in [0.4, 0.5) is 0 Å². The number of ether oxygens (including phenoxy) is 5. The second kappa shape index (κ2) is 8.47. The van der Waals surface area contributed by atoms with Crippen molar-refractivity contribution in [1.82, 2.24) is 0 Å². The zero-order valence-corrected chi connectivity index (χ0v) is 16.1. The van der Waals surface area contributed by atoms with Crippen LogP contribution in [0, 0.1) is 0 Å². The molecule has 28 heavy (non-hydrogen) atoms. The van der Waals surface area contributed by atoms with Gasteiger partial charge in [-0.3, -0.25) is 0 Å². The van der Waals surface area contributed by atoms with E-state index in [4.69, 9.17) is 23.7 Å². The first kappa shape index (κ1) is 19.3. The van der Waals surface area contributed by atoms with Crippen molar-refractivity contribution in [3.8, 4) is 23.0 Å². The van der Waals surface area contributed by atoms with Crippen LogP contribution in [0.25, 0.3) is 6.08 Å². The van der Waals surface area contributed by atoms with Gasteiger partial charge in [0.05, 0.1) is 27.9 Å². The number of benzene rings is 2. The van der Waals surface area contributed by atoms with Gasteiger partial charge in [0.25, 0.3) is 0 Å². The van der Waals surface area contributed by atoms with Gasteiger partial charge in [0.1, 0.15) is 5.75 Å². The maximum Gasteiger partial charge on any atom is 0.363 e. The van der Waals surface area contributed by atoms with E-state index in [2.05, 4.69) is 4.99 Å². The quantitative estimate of drug-likeness (QED) is 0.538. The van der Waals surface area contributed by atoms with E-state index >= 15 is 0 Å². The zero-order valence-electron chi connectivity index (χ0n) is 16.1. The third kappa shape index (κ3) is 3.78. The molecule has 7 nitrogen and oxygen atoms in total. The van der Waals surface area contributed by atoms with Gasteiger partial charge in [0.15, 0.2) is 17.2 Å². The fourth-order valence-electron chi connectivity index (χ4n) is 2.78. The monoisotopic (exact) mass is 383 g/mol. The van der Waals surface area contributed by atoms with Gasteiger partial charge in [-0.15, -0.1) is 0 Å². The first-order valence-corrected chi connectivity index (χ1v) is 8.66. The summed E-state index contributed by atoms with van der Waals surface area (Å²) >= 11 is 0. The minimum Gasteiger partial charge on any atom is -0.494 e. The van der Waals surface area contributed by atoms with Crippen molar-refractivity contribution in [2.24, 2.45) is 4.99 Å². The molecule has 7 heteroatoms. The summed E-state index contributed by atoms with van der Waals surface area (Å²) in [6.45, 7) is 2.49. The number of aliphatic imine (C=N–C) groups is 1. The number of carbonyl (C=O) groups excluding carboxylic acids is 1. The molecule has 2 aromatic rings. The highest BCUT2D eigenvalue weighted by Crippen LogP contribution is 2.40. The van der Waals surface area contributed by atoms with E-state index in [1.165, 1.54) is 21.3 Å². The molecule has 0 atom stereocenters. The average molecular weight is 383 g/mol. The molecular weight excluding hydrogens is 362 g/mol. The molecule has 0 bridgehead atoms. The predicted molar refractivity (Wildman–Crippen MR) is 104 cm³/mol. The Labute approximate surface area is 163 Å². The molecule has 0 radical (unpaired) electrons. The van der Waals surface area contributed by atoms with Gasteiger partial charge in [-0.05, 0) is 49.4 Å². The molecule has 3 rings (SSSR count). The Bertz CT molecular complexity index is 931. The standard InChI is InChI=1S/C21H21NO6/c1-5-27-15-9-6-13(7-10-15)20-22-16(21(23)28-20)12-14-8-11-17(24-2)19(26-4)18(14)25-3/h6-12H,5H2,1-4H3/b16-12+. The lowest BCUT2D eigenvalue weighted by molar-refractivity contribution is -0.129. The SMILES string of the molecule is CCOc1ccc(C2=N/C(=C/c3ccc(OC)c(OC)c3OC)C(=O)O2)cc1. The molecule has 146 valence electrons. The Morgan fingerprint density at radius 2 is 1.68 bits per heavy atom. The van der Waals surface area contributed by atoms with Crippen LogP contribution in [0.15, 0.2) is 47.1 Å². The maximum absolute atomic E-state index is 12.3. The average Bonchev–Trinajstić information content (AvgIpc) is 3.08. The number of carbonyl (C=O) groups is 1. The molecule has 0 aromatic heterocycles. The number of hydrogen-bond acceptors (Lipinski definition) is 7. The van der Waals surface area contributed by atoms with Crippen LogP contribution in [0.3, 0.4) is 0 Å². The lowest BCUT2D eigenvalue weighted by Gasteiger charge is -2.14. The first-order chi connectivity index (χ1) is 13.6. The third-order valence-electron chi connectivity index (χ3n) is 4.06. The first-order valence-electron chi connectivity index (χ1n) is 8.66. The van der Waals surface area contributed by atoms with Crippen LogP contribution < -0.4 is 18.9 Å². The van der Waals surface area contributed by atoms with E-state index in [9.17, 15) is 4.79 Å². The lowest BCUT2D eigenvalue weighted by atomic mass is 10.1. The lowest BCUT2D eigenvalue weighted by Crippen LogP contribution is -2.05. The Morgan fingerprint density at radius 1 is 0.964 bits per heavy atom. The molecule has 2 aromatic carbocycles. The maximum atomic E-state index is 12.3. The Kier molecular flexibility index (Phi) is 5.84. The molecule has 0 aliphatic carbocycles. The van der Waals surface area contributed by atoms with Gasteiger partial charge < -0.3 is 23.7 Å². The Hall–Kier alpha value is -3.48. The van der Waals surface area contributed by atoms with Crippen LogP contribution in [-0.4, -0.2) is 39.8 Å².